The molecule has 0 saturated heterocycles. The third-order valence-electron chi connectivity index (χ3n) is 7.29. The molecule has 0 atom stereocenters. The fraction of sp³-hybridized carbons (Fsp3) is 0.176. The Kier molecular flexibility index (Phi) is 5.58. The van der Waals surface area contributed by atoms with Gasteiger partial charge in [0.05, 0.1) is 0 Å². The van der Waals surface area contributed by atoms with Crippen LogP contribution in [-0.4, -0.2) is 23.2 Å². The number of fused-ring (bicyclic) bond motifs is 6. The Labute approximate surface area is 223 Å². The van der Waals surface area contributed by atoms with Crippen molar-refractivity contribution in [3.05, 3.63) is 103 Å². The van der Waals surface area contributed by atoms with Gasteiger partial charge in [-0.1, -0.05) is 18.2 Å². The summed E-state index contributed by atoms with van der Waals surface area (Å²) in [4.78, 5) is 10.2. The van der Waals surface area contributed by atoms with Gasteiger partial charge in [0.15, 0.2) is 0 Å². The van der Waals surface area contributed by atoms with Crippen molar-refractivity contribution >= 4 is 50.1 Å². The van der Waals surface area contributed by atoms with Crippen LogP contribution in [0.2, 0.25) is 17.3 Å². The average molecular weight is 542 g/mol. The van der Waals surface area contributed by atoms with Crippen LogP contribution in [0.3, 0.4) is 0 Å². The molecule has 0 N–H and O–H groups in total. The van der Waals surface area contributed by atoms with Gasteiger partial charge in [-0.2, -0.15) is 0 Å². The van der Waals surface area contributed by atoms with Crippen molar-refractivity contribution in [3.8, 4) is 22.5 Å². The van der Waals surface area contributed by atoms with Gasteiger partial charge in [-0.25, -0.2) is 0 Å². The van der Waals surface area contributed by atoms with E-state index in [9.17, 15) is 0 Å². The first kappa shape index (κ1) is 22.7. The van der Waals surface area contributed by atoms with Gasteiger partial charge < -0.3 is 0 Å². The summed E-state index contributed by atoms with van der Waals surface area (Å²) in [5.41, 5.74) is 6.15. The molecule has 0 saturated carbocycles. The number of hydrogen-bond donors (Lipinski definition) is 0. The van der Waals surface area contributed by atoms with Gasteiger partial charge in [-0.05, 0) is 0 Å². The van der Waals surface area contributed by atoms with Crippen LogP contribution in [0.1, 0.15) is 26.7 Å². The molecule has 0 aliphatic heterocycles. The van der Waals surface area contributed by atoms with Gasteiger partial charge in [-0.3, -0.25) is 0 Å². The molecule has 0 radical (unpaired) electrons. The molecule has 37 heavy (non-hydrogen) atoms. The minimum atomic E-state index is -2.20. The summed E-state index contributed by atoms with van der Waals surface area (Å²) < 4.78 is 10.2. The molecule has 6 rings (SSSR count). The van der Waals surface area contributed by atoms with Crippen LogP contribution in [0.4, 0.5) is 0 Å². The number of benzene rings is 4. The molecular weight excluding hydrogens is 509 g/mol. The molecule has 0 spiro atoms. The molecular formula is C34H32GeN2. The van der Waals surface area contributed by atoms with E-state index >= 15 is 0 Å². The van der Waals surface area contributed by atoms with Gasteiger partial charge in [0.2, 0.25) is 0 Å². The molecule has 0 fully saturated rings. The molecule has 2 aromatic heterocycles. The standard InChI is InChI=1S/C34H32GeN2/c1-22(2)29-20-33(36-21-31(29)35(3,4)5)24-15-16-27-25-13-9-10-14-26(25)28-17-18-32(23-11-7-6-8-12-23)37-34(28)30(27)19-24/h6-22H,1-5H3/i22D. The molecule has 182 valence electrons. The zero-order valence-corrected chi connectivity index (χ0v) is 24.2. The molecule has 0 unspecified atom stereocenters. The van der Waals surface area contributed by atoms with Crippen molar-refractivity contribution < 1.29 is 1.37 Å². The van der Waals surface area contributed by atoms with Gasteiger partial charge in [0.1, 0.15) is 0 Å². The Bertz CT molecular complexity index is 1830. The molecule has 0 bridgehead atoms. The van der Waals surface area contributed by atoms with E-state index in [2.05, 4.69) is 108 Å². The first-order valence-electron chi connectivity index (χ1n) is 13.4. The first-order chi connectivity index (χ1) is 18.1. The van der Waals surface area contributed by atoms with E-state index in [1.54, 1.807) is 0 Å². The summed E-state index contributed by atoms with van der Waals surface area (Å²) in [6, 6.07) is 32.1. The zero-order chi connectivity index (χ0) is 26.7. The predicted octanol–water partition coefficient (Wildman–Crippen LogP) is 8.94. The summed E-state index contributed by atoms with van der Waals surface area (Å²) in [6.07, 6.45) is 2.05. The quantitative estimate of drug-likeness (QED) is 0.164. The van der Waals surface area contributed by atoms with E-state index in [0.29, 0.717) is 0 Å². The minimum absolute atomic E-state index is 0.683. The van der Waals surface area contributed by atoms with Crippen molar-refractivity contribution in [2.24, 2.45) is 0 Å². The van der Waals surface area contributed by atoms with Crippen LogP contribution < -0.4 is 4.40 Å². The SMILES string of the molecule is [2H]C(C)(C)c1cc(-c2ccc3c4ccccc4c4ccc(-c5ccccc5)nc4c3c2)nc[c]1[Ge]([CH3])([CH3])[CH3]. The van der Waals surface area contributed by atoms with E-state index in [1.807, 2.05) is 19.9 Å². The van der Waals surface area contributed by atoms with Crippen LogP contribution in [0.25, 0.3) is 55.0 Å². The molecule has 0 aliphatic rings. The number of pyridine rings is 2. The zero-order valence-electron chi connectivity index (χ0n) is 23.1. The Morgan fingerprint density at radius 2 is 1.30 bits per heavy atom. The van der Waals surface area contributed by atoms with Crippen molar-refractivity contribution in [1.82, 2.24) is 9.97 Å². The number of nitrogens with zero attached hydrogens (tertiary/aromatic N) is 2. The third-order valence-corrected chi connectivity index (χ3v) is 11.5. The first-order valence-corrected chi connectivity index (χ1v) is 20.3. The van der Waals surface area contributed by atoms with E-state index in [4.69, 9.17) is 11.3 Å². The molecule has 3 heteroatoms. The number of aromatic nitrogens is 2. The normalized spacial score (nSPS) is 12.8. The Balaban J connectivity index is 1.64. The van der Waals surface area contributed by atoms with Crippen LogP contribution in [0.15, 0.2) is 97.2 Å². The summed E-state index contributed by atoms with van der Waals surface area (Å²) in [6.45, 7) is 3.97. The van der Waals surface area contributed by atoms with E-state index in [-0.39, 0.29) is 0 Å². The van der Waals surface area contributed by atoms with Crippen molar-refractivity contribution in [3.63, 3.8) is 0 Å². The molecule has 0 aliphatic carbocycles. The topological polar surface area (TPSA) is 25.8 Å². The molecule has 6 aromatic rings. The van der Waals surface area contributed by atoms with Crippen LogP contribution in [0.5, 0.6) is 0 Å². The van der Waals surface area contributed by atoms with Gasteiger partial charge in [0, 0.05) is 0 Å². The van der Waals surface area contributed by atoms with Gasteiger partial charge in [-0.15, -0.1) is 0 Å². The molecule has 2 nitrogen and oxygen atoms in total. The van der Waals surface area contributed by atoms with Crippen molar-refractivity contribution in [2.45, 2.75) is 37.0 Å². The Hall–Kier alpha value is -3.50. The van der Waals surface area contributed by atoms with Crippen molar-refractivity contribution in [1.29, 1.82) is 0 Å². The third kappa shape index (κ3) is 4.24. The summed E-state index contributed by atoms with van der Waals surface area (Å²) in [7, 11) is 0. The molecule has 2 heterocycles. The fourth-order valence-corrected chi connectivity index (χ4v) is 8.68. The molecule has 4 aromatic carbocycles. The Morgan fingerprint density at radius 3 is 2.00 bits per heavy atom. The monoisotopic (exact) mass is 543 g/mol. The Morgan fingerprint density at radius 1 is 0.649 bits per heavy atom. The fourth-order valence-electron chi connectivity index (χ4n) is 5.36. The van der Waals surface area contributed by atoms with E-state index in [0.717, 1.165) is 44.4 Å². The second-order valence-corrected chi connectivity index (χ2v) is 21.7. The van der Waals surface area contributed by atoms with E-state index < -0.39 is 19.2 Å². The number of rotatable bonds is 4. The van der Waals surface area contributed by atoms with Crippen LogP contribution in [0, 0.1) is 0 Å². The maximum atomic E-state index is 8.88. The molecule has 0 amide bonds. The second kappa shape index (κ2) is 9.11. The predicted molar refractivity (Wildman–Crippen MR) is 162 cm³/mol. The van der Waals surface area contributed by atoms with Gasteiger partial charge >= 0.3 is 206 Å². The van der Waals surface area contributed by atoms with Gasteiger partial charge in [0.25, 0.3) is 0 Å². The van der Waals surface area contributed by atoms with E-state index in [1.165, 1.54) is 20.6 Å². The number of hydrogen-bond acceptors (Lipinski definition) is 2. The average Bonchev–Trinajstić information content (AvgIpc) is 2.92. The van der Waals surface area contributed by atoms with Crippen LogP contribution >= 0.6 is 0 Å². The maximum absolute atomic E-state index is 8.88. The summed E-state index contributed by atoms with van der Waals surface area (Å²) >= 11 is -2.20. The van der Waals surface area contributed by atoms with Crippen molar-refractivity contribution in [2.75, 3.05) is 0 Å². The van der Waals surface area contributed by atoms with Crippen LogP contribution in [-0.2, 0) is 0 Å². The summed E-state index contributed by atoms with van der Waals surface area (Å²) in [5, 5.41) is 5.92. The second-order valence-electron chi connectivity index (χ2n) is 11.1. The summed E-state index contributed by atoms with van der Waals surface area (Å²) in [5.74, 6) is 6.43.